The molecule has 0 saturated carbocycles. The average molecular weight is 276 g/mol. The van der Waals surface area contributed by atoms with Crippen molar-refractivity contribution in [3.63, 3.8) is 0 Å². The first-order valence-corrected chi connectivity index (χ1v) is 4.91. The van der Waals surface area contributed by atoms with E-state index in [2.05, 4.69) is 20.9 Å². The highest BCUT2D eigenvalue weighted by Crippen LogP contribution is 2.13. The minimum atomic E-state index is -1.26. The minimum absolute atomic E-state index is 0.0605. The van der Waals surface area contributed by atoms with Crippen molar-refractivity contribution < 1.29 is 14.6 Å². The molecule has 1 heterocycles. The Labute approximate surface area is 94.2 Å². The second-order valence-corrected chi connectivity index (χ2v) is 3.78. The van der Waals surface area contributed by atoms with Gasteiger partial charge in [0.25, 0.3) is 0 Å². The summed E-state index contributed by atoms with van der Waals surface area (Å²) in [6, 6.07) is 0. The number of aromatic nitrogens is 1. The van der Waals surface area contributed by atoms with E-state index in [-0.39, 0.29) is 22.3 Å². The van der Waals surface area contributed by atoms with Crippen molar-refractivity contribution in [3.8, 4) is 0 Å². The number of aromatic amines is 1. The number of pyridine rings is 1. The molecule has 0 radical (unpaired) electrons. The fourth-order valence-corrected chi connectivity index (χ4v) is 1.54. The van der Waals surface area contributed by atoms with Crippen LogP contribution in [0, 0.1) is 6.92 Å². The lowest BCUT2D eigenvalue weighted by atomic mass is 10.1. The molecule has 0 atom stereocenters. The number of rotatable bonds is 3. The van der Waals surface area contributed by atoms with Crippen LogP contribution in [0.4, 0.5) is 0 Å². The van der Waals surface area contributed by atoms with Gasteiger partial charge in [-0.25, -0.2) is 4.79 Å². The number of ether oxygens (including phenoxy) is 1. The zero-order valence-corrected chi connectivity index (χ0v) is 9.84. The highest BCUT2D eigenvalue weighted by atomic mass is 79.9. The Morgan fingerprint density at radius 2 is 2.20 bits per heavy atom. The number of carboxylic acids is 1. The number of aryl methyl sites for hydroxylation is 1. The first-order valence-electron chi connectivity index (χ1n) is 4.12. The van der Waals surface area contributed by atoms with Gasteiger partial charge in [0, 0.05) is 12.8 Å². The summed E-state index contributed by atoms with van der Waals surface area (Å²) >= 11 is 3.04. The SMILES string of the molecule is COCc1[nH]c(C)c(Br)c(=O)c1C(=O)O. The summed E-state index contributed by atoms with van der Waals surface area (Å²) < 4.78 is 5.06. The van der Waals surface area contributed by atoms with Crippen LogP contribution in [0.3, 0.4) is 0 Å². The average Bonchev–Trinajstić information content (AvgIpc) is 2.14. The van der Waals surface area contributed by atoms with Crippen LogP contribution in [-0.2, 0) is 11.3 Å². The number of hydrogen-bond acceptors (Lipinski definition) is 3. The van der Waals surface area contributed by atoms with Crippen LogP contribution in [-0.4, -0.2) is 23.2 Å². The van der Waals surface area contributed by atoms with E-state index >= 15 is 0 Å². The molecule has 5 nitrogen and oxygen atoms in total. The number of H-pyrrole nitrogens is 1. The van der Waals surface area contributed by atoms with Gasteiger partial charge in [-0.15, -0.1) is 0 Å². The predicted octanol–water partition coefficient (Wildman–Crippen LogP) is 1.29. The maximum atomic E-state index is 11.6. The van der Waals surface area contributed by atoms with Gasteiger partial charge in [0.05, 0.1) is 16.8 Å². The Morgan fingerprint density at radius 3 is 2.67 bits per heavy atom. The molecule has 0 spiro atoms. The van der Waals surface area contributed by atoms with E-state index in [0.717, 1.165) is 0 Å². The van der Waals surface area contributed by atoms with Crippen LogP contribution in [0.1, 0.15) is 21.7 Å². The second-order valence-electron chi connectivity index (χ2n) is 2.98. The fraction of sp³-hybridized carbons (Fsp3) is 0.333. The van der Waals surface area contributed by atoms with Gasteiger partial charge >= 0.3 is 5.97 Å². The van der Waals surface area contributed by atoms with Crippen molar-refractivity contribution in [3.05, 3.63) is 31.6 Å². The van der Waals surface area contributed by atoms with Gasteiger partial charge in [0.15, 0.2) is 0 Å². The highest BCUT2D eigenvalue weighted by Gasteiger charge is 2.18. The zero-order valence-electron chi connectivity index (χ0n) is 8.26. The summed E-state index contributed by atoms with van der Waals surface area (Å²) in [5, 5.41) is 8.89. The smallest absolute Gasteiger partial charge is 0.341 e. The minimum Gasteiger partial charge on any atom is -0.477 e. The number of carboxylic acid groups (broad SMARTS) is 1. The number of halogens is 1. The van der Waals surface area contributed by atoms with E-state index in [9.17, 15) is 9.59 Å². The van der Waals surface area contributed by atoms with E-state index in [1.54, 1.807) is 6.92 Å². The molecule has 0 unspecified atom stereocenters. The van der Waals surface area contributed by atoms with Gasteiger partial charge in [-0.3, -0.25) is 4.79 Å². The van der Waals surface area contributed by atoms with E-state index in [0.29, 0.717) is 5.69 Å². The topological polar surface area (TPSA) is 79.4 Å². The van der Waals surface area contributed by atoms with E-state index < -0.39 is 11.4 Å². The molecule has 0 aromatic carbocycles. The molecule has 15 heavy (non-hydrogen) atoms. The lowest BCUT2D eigenvalue weighted by molar-refractivity contribution is 0.0689. The van der Waals surface area contributed by atoms with E-state index in [4.69, 9.17) is 9.84 Å². The fourth-order valence-electron chi connectivity index (χ4n) is 1.24. The molecule has 0 bridgehead atoms. The molecule has 6 heteroatoms. The van der Waals surface area contributed by atoms with Crippen LogP contribution < -0.4 is 5.43 Å². The lowest BCUT2D eigenvalue weighted by Crippen LogP contribution is -2.21. The van der Waals surface area contributed by atoms with Gasteiger partial charge < -0.3 is 14.8 Å². The Bertz CT molecular complexity index is 452. The highest BCUT2D eigenvalue weighted by molar-refractivity contribution is 9.10. The van der Waals surface area contributed by atoms with Crippen molar-refractivity contribution in [2.45, 2.75) is 13.5 Å². The summed E-state index contributed by atoms with van der Waals surface area (Å²) in [7, 11) is 1.43. The Morgan fingerprint density at radius 1 is 1.60 bits per heavy atom. The third kappa shape index (κ3) is 2.27. The third-order valence-electron chi connectivity index (χ3n) is 1.90. The Hall–Kier alpha value is -1.14. The zero-order chi connectivity index (χ0) is 11.6. The summed E-state index contributed by atoms with van der Waals surface area (Å²) in [6.45, 7) is 1.74. The molecule has 1 rings (SSSR count). The van der Waals surface area contributed by atoms with Crippen LogP contribution in [0.2, 0.25) is 0 Å². The van der Waals surface area contributed by atoms with E-state index in [1.165, 1.54) is 7.11 Å². The lowest BCUT2D eigenvalue weighted by Gasteiger charge is -2.07. The number of hydrogen-bond donors (Lipinski definition) is 2. The van der Waals surface area contributed by atoms with Gasteiger partial charge in [-0.05, 0) is 22.9 Å². The van der Waals surface area contributed by atoms with Crippen LogP contribution in [0.5, 0.6) is 0 Å². The quantitative estimate of drug-likeness (QED) is 0.871. The molecule has 0 aliphatic rings. The monoisotopic (exact) mass is 275 g/mol. The summed E-state index contributed by atoms with van der Waals surface area (Å²) in [5.41, 5.74) is 0.0351. The third-order valence-corrected chi connectivity index (χ3v) is 2.85. The molecule has 0 fully saturated rings. The molecule has 1 aromatic heterocycles. The normalized spacial score (nSPS) is 10.3. The molecular weight excluding hydrogens is 266 g/mol. The number of methoxy groups -OCH3 is 1. The molecule has 0 aliphatic heterocycles. The van der Waals surface area contributed by atoms with Crippen LogP contribution in [0.25, 0.3) is 0 Å². The van der Waals surface area contributed by atoms with Crippen molar-refractivity contribution in [1.29, 1.82) is 0 Å². The van der Waals surface area contributed by atoms with Gasteiger partial charge in [0.1, 0.15) is 5.56 Å². The van der Waals surface area contributed by atoms with Gasteiger partial charge in [0.2, 0.25) is 5.43 Å². The first kappa shape index (κ1) is 11.9. The molecule has 0 saturated heterocycles. The predicted molar refractivity (Wildman–Crippen MR) is 57.2 cm³/mol. The molecular formula is C9H10BrNO4. The van der Waals surface area contributed by atoms with Crippen molar-refractivity contribution in [2.24, 2.45) is 0 Å². The number of aromatic carboxylic acids is 1. The standard InChI is InChI=1S/C9H10BrNO4/c1-4-7(10)8(12)6(9(13)14)5(11-4)3-15-2/h3H2,1-2H3,(H,11,12)(H,13,14). The Balaban J connectivity index is 3.51. The van der Waals surface area contributed by atoms with E-state index in [1.807, 2.05) is 0 Å². The first-order chi connectivity index (χ1) is 6.99. The van der Waals surface area contributed by atoms with Gasteiger partial charge in [-0.1, -0.05) is 0 Å². The Kier molecular flexibility index (Phi) is 3.65. The van der Waals surface area contributed by atoms with Crippen LogP contribution >= 0.6 is 15.9 Å². The van der Waals surface area contributed by atoms with Crippen LogP contribution in [0.15, 0.2) is 9.27 Å². The number of carbonyl (C=O) groups is 1. The van der Waals surface area contributed by atoms with Crippen molar-refractivity contribution in [2.75, 3.05) is 7.11 Å². The van der Waals surface area contributed by atoms with Crippen molar-refractivity contribution in [1.82, 2.24) is 4.98 Å². The molecule has 0 aliphatic carbocycles. The molecule has 0 amide bonds. The second kappa shape index (κ2) is 4.59. The summed E-state index contributed by atoms with van der Waals surface area (Å²) in [4.78, 5) is 25.3. The summed E-state index contributed by atoms with van der Waals surface area (Å²) in [5.74, 6) is -1.26. The van der Waals surface area contributed by atoms with Gasteiger partial charge in [-0.2, -0.15) is 0 Å². The maximum Gasteiger partial charge on any atom is 0.341 e. The number of nitrogens with one attached hydrogen (secondary N) is 1. The largest absolute Gasteiger partial charge is 0.477 e. The molecule has 2 N–H and O–H groups in total. The maximum absolute atomic E-state index is 11.6. The molecule has 1 aromatic rings. The molecule has 82 valence electrons. The van der Waals surface area contributed by atoms with Crippen molar-refractivity contribution >= 4 is 21.9 Å². The summed E-state index contributed by atoms with van der Waals surface area (Å²) in [6.07, 6.45) is 0.